The molecule has 0 aliphatic carbocycles. The van der Waals surface area contributed by atoms with E-state index in [2.05, 4.69) is 26.4 Å². The Labute approximate surface area is 148 Å². The van der Waals surface area contributed by atoms with Crippen LogP contribution in [0.1, 0.15) is 29.8 Å². The molecule has 7 heteroatoms. The van der Waals surface area contributed by atoms with E-state index in [9.17, 15) is 4.79 Å². The molecule has 3 rings (SSSR count). The lowest BCUT2D eigenvalue weighted by Crippen LogP contribution is -2.51. The standard InChI is InChI=1S/C18H26N6O/c1-14(17-12-20-22(3)15(17)2)21-18(25)24-9-7-23(8-10-24)13-16-5-4-6-19-11-16/h4-6,11-12,14H,7-10,13H2,1-3H3,(H,21,25)/t14-/m1/s1. The van der Waals surface area contributed by atoms with Crippen molar-refractivity contribution in [1.82, 2.24) is 29.9 Å². The fraction of sp³-hybridized carbons (Fsp3) is 0.500. The van der Waals surface area contributed by atoms with E-state index in [1.54, 1.807) is 6.20 Å². The van der Waals surface area contributed by atoms with E-state index in [1.165, 1.54) is 5.56 Å². The molecule has 1 fully saturated rings. The highest BCUT2D eigenvalue weighted by atomic mass is 16.2. The Hall–Kier alpha value is -2.41. The first-order valence-electron chi connectivity index (χ1n) is 8.70. The highest BCUT2D eigenvalue weighted by Crippen LogP contribution is 2.16. The summed E-state index contributed by atoms with van der Waals surface area (Å²) in [7, 11) is 1.91. The normalized spacial score (nSPS) is 16.7. The molecule has 7 nitrogen and oxygen atoms in total. The molecule has 0 radical (unpaired) electrons. The quantitative estimate of drug-likeness (QED) is 0.919. The minimum absolute atomic E-state index is 0.00298. The van der Waals surface area contributed by atoms with Crippen LogP contribution in [-0.4, -0.2) is 56.8 Å². The Bertz CT molecular complexity index is 706. The SMILES string of the molecule is Cc1c([C@@H](C)NC(=O)N2CCN(Cc3cccnc3)CC2)cnn1C. The summed E-state index contributed by atoms with van der Waals surface area (Å²) in [6.07, 6.45) is 5.51. The van der Waals surface area contributed by atoms with Crippen molar-refractivity contribution in [2.45, 2.75) is 26.4 Å². The first-order valence-corrected chi connectivity index (χ1v) is 8.70. The average Bonchev–Trinajstić information content (AvgIpc) is 2.95. The molecule has 2 aromatic rings. The largest absolute Gasteiger partial charge is 0.331 e. The summed E-state index contributed by atoms with van der Waals surface area (Å²) >= 11 is 0. The van der Waals surface area contributed by atoms with Crippen LogP contribution in [-0.2, 0) is 13.6 Å². The number of carbonyl (C=O) groups is 1. The number of urea groups is 1. The lowest BCUT2D eigenvalue weighted by molar-refractivity contribution is 0.133. The van der Waals surface area contributed by atoms with Gasteiger partial charge in [-0.1, -0.05) is 6.07 Å². The van der Waals surface area contributed by atoms with Crippen LogP contribution in [0, 0.1) is 6.92 Å². The Morgan fingerprint density at radius 1 is 1.28 bits per heavy atom. The predicted molar refractivity (Wildman–Crippen MR) is 96.0 cm³/mol. The van der Waals surface area contributed by atoms with Gasteiger partial charge in [0.25, 0.3) is 0 Å². The fourth-order valence-corrected chi connectivity index (χ4v) is 3.15. The summed E-state index contributed by atoms with van der Waals surface area (Å²) in [6.45, 7) is 8.14. The van der Waals surface area contributed by atoms with Gasteiger partial charge in [-0.05, 0) is 25.5 Å². The number of piperazine rings is 1. The number of nitrogens with one attached hydrogen (secondary N) is 1. The van der Waals surface area contributed by atoms with E-state index in [0.717, 1.165) is 44.0 Å². The number of pyridine rings is 1. The van der Waals surface area contributed by atoms with Crippen LogP contribution in [0.3, 0.4) is 0 Å². The van der Waals surface area contributed by atoms with Crippen LogP contribution in [0.5, 0.6) is 0 Å². The molecule has 0 spiro atoms. The maximum absolute atomic E-state index is 12.5. The average molecular weight is 342 g/mol. The van der Waals surface area contributed by atoms with Gasteiger partial charge in [-0.15, -0.1) is 0 Å². The molecule has 25 heavy (non-hydrogen) atoms. The Morgan fingerprint density at radius 2 is 2.04 bits per heavy atom. The molecule has 0 aromatic carbocycles. The van der Waals surface area contributed by atoms with Crippen LogP contribution in [0.4, 0.5) is 4.79 Å². The van der Waals surface area contributed by atoms with Gasteiger partial charge in [-0.3, -0.25) is 14.6 Å². The molecule has 3 heterocycles. The van der Waals surface area contributed by atoms with Crippen molar-refractivity contribution in [2.24, 2.45) is 7.05 Å². The molecule has 2 aromatic heterocycles. The molecule has 1 atom stereocenters. The van der Waals surface area contributed by atoms with Gasteiger partial charge in [0.05, 0.1) is 12.2 Å². The van der Waals surface area contributed by atoms with Crippen molar-refractivity contribution in [2.75, 3.05) is 26.2 Å². The summed E-state index contributed by atoms with van der Waals surface area (Å²) in [6, 6.07) is 4.00. The van der Waals surface area contributed by atoms with Crippen molar-refractivity contribution in [3.05, 3.63) is 47.5 Å². The molecule has 1 saturated heterocycles. The van der Waals surface area contributed by atoms with E-state index < -0.39 is 0 Å². The van der Waals surface area contributed by atoms with Crippen LogP contribution in [0.2, 0.25) is 0 Å². The van der Waals surface area contributed by atoms with E-state index in [-0.39, 0.29) is 12.1 Å². The number of hydrogen-bond donors (Lipinski definition) is 1. The summed E-state index contributed by atoms with van der Waals surface area (Å²) in [5.74, 6) is 0. The van der Waals surface area contributed by atoms with Crippen LogP contribution in [0.25, 0.3) is 0 Å². The monoisotopic (exact) mass is 342 g/mol. The molecule has 134 valence electrons. The van der Waals surface area contributed by atoms with Gasteiger partial charge in [0.15, 0.2) is 0 Å². The summed E-state index contributed by atoms with van der Waals surface area (Å²) in [5.41, 5.74) is 3.35. The molecule has 1 aliphatic rings. The van der Waals surface area contributed by atoms with Gasteiger partial charge in [0.2, 0.25) is 0 Å². The number of rotatable bonds is 4. The Kier molecular flexibility index (Phi) is 5.33. The number of carbonyl (C=O) groups excluding carboxylic acids is 1. The van der Waals surface area contributed by atoms with Crippen LogP contribution in [0.15, 0.2) is 30.7 Å². The lowest BCUT2D eigenvalue weighted by atomic mass is 10.1. The maximum Gasteiger partial charge on any atom is 0.317 e. The minimum atomic E-state index is -0.0466. The zero-order valence-electron chi connectivity index (χ0n) is 15.1. The van der Waals surface area contributed by atoms with Gasteiger partial charge in [-0.25, -0.2) is 4.79 Å². The summed E-state index contributed by atoms with van der Waals surface area (Å²) < 4.78 is 1.83. The molecule has 0 bridgehead atoms. The third-order valence-corrected chi connectivity index (χ3v) is 4.87. The molecular formula is C18H26N6O. The van der Waals surface area contributed by atoms with Crippen molar-refractivity contribution in [3.8, 4) is 0 Å². The molecule has 2 amide bonds. The predicted octanol–water partition coefficient (Wildman–Crippen LogP) is 1.71. The Balaban J connectivity index is 1.49. The van der Waals surface area contributed by atoms with Gasteiger partial charge in [0, 0.05) is 63.4 Å². The van der Waals surface area contributed by atoms with Gasteiger partial charge < -0.3 is 10.2 Å². The number of amides is 2. The summed E-state index contributed by atoms with van der Waals surface area (Å²) in [5, 5.41) is 7.34. The Morgan fingerprint density at radius 3 is 2.64 bits per heavy atom. The fourth-order valence-electron chi connectivity index (χ4n) is 3.15. The second kappa shape index (κ2) is 7.65. The topological polar surface area (TPSA) is 66.3 Å². The van der Waals surface area contributed by atoms with E-state index in [4.69, 9.17) is 0 Å². The van der Waals surface area contributed by atoms with Crippen molar-refractivity contribution in [1.29, 1.82) is 0 Å². The third kappa shape index (κ3) is 4.17. The van der Waals surface area contributed by atoms with Crippen molar-refractivity contribution >= 4 is 6.03 Å². The maximum atomic E-state index is 12.5. The third-order valence-electron chi connectivity index (χ3n) is 4.87. The van der Waals surface area contributed by atoms with Crippen molar-refractivity contribution < 1.29 is 4.79 Å². The van der Waals surface area contributed by atoms with Gasteiger partial charge in [0.1, 0.15) is 0 Å². The van der Waals surface area contributed by atoms with Crippen molar-refractivity contribution in [3.63, 3.8) is 0 Å². The number of nitrogens with zero attached hydrogens (tertiary/aromatic N) is 5. The summed E-state index contributed by atoms with van der Waals surface area (Å²) in [4.78, 5) is 20.9. The van der Waals surface area contributed by atoms with Gasteiger partial charge >= 0.3 is 6.03 Å². The van der Waals surface area contributed by atoms with Crippen LogP contribution >= 0.6 is 0 Å². The van der Waals surface area contributed by atoms with Gasteiger partial charge in [-0.2, -0.15) is 5.10 Å². The van der Waals surface area contributed by atoms with E-state index in [1.807, 2.05) is 48.9 Å². The number of aryl methyl sites for hydroxylation is 1. The molecule has 1 N–H and O–H groups in total. The minimum Gasteiger partial charge on any atom is -0.331 e. The highest BCUT2D eigenvalue weighted by Gasteiger charge is 2.23. The molecule has 0 unspecified atom stereocenters. The molecule has 1 aliphatic heterocycles. The number of hydrogen-bond acceptors (Lipinski definition) is 4. The highest BCUT2D eigenvalue weighted by molar-refractivity contribution is 5.74. The zero-order chi connectivity index (χ0) is 17.8. The number of aromatic nitrogens is 3. The van der Waals surface area contributed by atoms with E-state index >= 15 is 0 Å². The smallest absolute Gasteiger partial charge is 0.317 e. The first-order chi connectivity index (χ1) is 12.0. The zero-order valence-corrected chi connectivity index (χ0v) is 15.1. The first kappa shape index (κ1) is 17.4. The second-order valence-electron chi connectivity index (χ2n) is 6.60. The van der Waals surface area contributed by atoms with E-state index in [0.29, 0.717) is 0 Å². The second-order valence-corrected chi connectivity index (χ2v) is 6.60. The molecule has 0 saturated carbocycles. The van der Waals surface area contributed by atoms with Crippen LogP contribution < -0.4 is 5.32 Å². The molecular weight excluding hydrogens is 316 g/mol. The lowest BCUT2D eigenvalue weighted by Gasteiger charge is -2.35.